The molecule has 2 rings (SSSR count). The van der Waals surface area contributed by atoms with Gasteiger partial charge in [0.1, 0.15) is 5.82 Å². The van der Waals surface area contributed by atoms with Gasteiger partial charge in [-0.2, -0.15) is 0 Å². The van der Waals surface area contributed by atoms with Crippen LogP contribution < -0.4 is 16.0 Å². The normalized spacial score (nSPS) is 10.8. The number of aliphatic imine (C=N–C) groups is 1. The van der Waals surface area contributed by atoms with Gasteiger partial charge in [-0.15, -0.1) is 24.0 Å². The van der Waals surface area contributed by atoms with E-state index in [1.165, 1.54) is 12.1 Å². The summed E-state index contributed by atoms with van der Waals surface area (Å²) in [5, 5.41) is 9.35. The first kappa shape index (κ1) is 24.9. The molecule has 0 unspecified atom stereocenters. The monoisotopic (exact) mass is 512 g/mol. The number of halogens is 2. The summed E-state index contributed by atoms with van der Waals surface area (Å²) in [5.74, 6) is 0.357. The van der Waals surface area contributed by atoms with Gasteiger partial charge in [-0.25, -0.2) is 9.38 Å². The van der Waals surface area contributed by atoms with Crippen molar-refractivity contribution >= 4 is 35.8 Å². The Morgan fingerprint density at radius 2 is 1.76 bits per heavy atom. The summed E-state index contributed by atoms with van der Waals surface area (Å²) in [6.45, 7) is 6.48. The van der Waals surface area contributed by atoms with Crippen LogP contribution in [0.5, 0.6) is 0 Å². The number of hydrogen-bond donors (Lipinski definition) is 3. The quantitative estimate of drug-likeness (QED) is 0.204. The fourth-order valence-electron chi connectivity index (χ4n) is 2.59. The summed E-state index contributed by atoms with van der Waals surface area (Å²) in [6, 6.07) is 13.9. The van der Waals surface area contributed by atoms with Crippen LogP contribution in [0, 0.1) is 5.82 Å². The Kier molecular flexibility index (Phi) is 11.9. The van der Waals surface area contributed by atoms with Gasteiger partial charge in [0.05, 0.1) is 6.54 Å². The molecule has 7 heteroatoms. The third-order valence-corrected chi connectivity index (χ3v) is 4.14. The van der Waals surface area contributed by atoms with Gasteiger partial charge in [-0.1, -0.05) is 37.6 Å². The first-order valence-electron chi connectivity index (χ1n) is 9.76. The minimum absolute atomic E-state index is 0. The molecule has 0 saturated heterocycles. The first-order valence-corrected chi connectivity index (χ1v) is 9.76. The number of hydrogen-bond acceptors (Lipinski definition) is 2. The molecule has 29 heavy (non-hydrogen) atoms. The van der Waals surface area contributed by atoms with Crippen molar-refractivity contribution in [3.63, 3.8) is 0 Å². The third kappa shape index (κ3) is 9.25. The highest BCUT2D eigenvalue weighted by Gasteiger charge is 2.05. The van der Waals surface area contributed by atoms with Gasteiger partial charge in [0.2, 0.25) is 0 Å². The maximum atomic E-state index is 13.3. The summed E-state index contributed by atoms with van der Waals surface area (Å²) < 4.78 is 13.3. The molecular weight excluding hydrogens is 482 g/mol. The molecule has 0 aliphatic carbocycles. The minimum Gasteiger partial charge on any atom is -0.357 e. The van der Waals surface area contributed by atoms with Crippen LogP contribution in [0.25, 0.3) is 0 Å². The van der Waals surface area contributed by atoms with E-state index in [4.69, 9.17) is 0 Å². The number of rotatable bonds is 9. The maximum Gasteiger partial charge on any atom is 0.251 e. The van der Waals surface area contributed by atoms with E-state index < -0.39 is 0 Å². The third-order valence-electron chi connectivity index (χ3n) is 4.14. The van der Waals surface area contributed by atoms with Crippen LogP contribution in [0.4, 0.5) is 4.39 Å². The summed E-state index contributed by atoms with van der Waals surface area (Å²) in [6.07, 6.45) is 2.04. The van der Waals surface area contributed by atoms with Crippen LogP contribution in [-0.2, 0) is 13.1 Å². The SMILES string of the molecule is CCCCNC(=O)c1ccc(CNC(=NCc2cccc(F)c2)NCC)cc1.I. The van der Waals surface area contributed by atoms with E-state index in [1.54, 1.807) is 6.07 Å². The van der Waals surface area contributed by atoms with E-state index in [0.717, 1.165) is 30.5 Å². The van der Waals surface area contributed by atoms with Gasteiger partial charge < -0.3 is 16.0 Å². The van der Waals surface area contributed by atoms with E-state index in [2.05, 4.69) is 27.9 Å². The summed E-state index contributed by atoms with van der Waals surface area (Å²) in [5.41, 5.74) is 2.52. The number of guanidine groups is 1. The van der Waals surface area contributed by atoms with Crippen molar-refractivity contribution in [3.05, 3.63) is 71.0 Å². The number of nitrogens with zero attached hydrogens (tertiary/aromatic N) is 1. The number of benzene rings is 2. The standard InChI is InChI=1S/C22H29FN4O.HI/c1-3-5-13-25-21(28)19-11-9-17(10-12-19)15-26-22(24-4-2)27-16-18-7-6-8-20(23)14-18;/h6-12,14H,3-5,13,15-16H2,1-2H3,(H,25,28)(H2,24,26,27);1H. The first-order chi connectivity index (χ1) is 13.6. The number of carbonyl (C=O) groups excluding carboxylic acids is 1. The van der Waals surface area contributed by atoms with Crippen LogP contribution in [0.2, 0.25) is 0 Å². The van der Waals surface area contributed by atoms with Crippen molar-refractivity contribution in [2.75, 3.05) is 13.1 Å². The predicted molar refractivity (Wildman–Crippen MR) is 127 cm³/mol. The Balaban J connectivity index is 0.00000420. The van der Waals surface area contributed by atoms with Crippen LogP contribution in [0.1, 0.15) is 48.2 Å². The van der Waals surface area contributed by atoms with Crippen LogP contribution in [0.15, 0.2) is 53.5 Å². The number of carbonyl (C=O) groups is 1. The predicted octanol–water partition coefficient (Wildman–Crippen LogP) is 4.23. The molecule has 0 aliphatic rings. The number of amides is 1. The van der Waals surface area contributed by atoms with Gasteiger partial charge in [0.15, 0.2) is 5.96 Å². The highest BCUT2D eigenvalue weighted by Crippen LogP contribution is 2.06. The largest absolute Gasteiger partial charge is 0.357 e. The van der Waals surface area contributed by atoms with Gasteiger partial charge in [-0.3, -0.25) is 4.79 Å². The summed E-state index contributed by atoms with van der Waals surface area (Å²) in [4.78, 5) is 16.5. The second-order valence-electron chi connectivity index (χ2n) is 6.49. The van der Waals surface area contributed by atoms with E-state index in [1.807, 2.05) is 37.3 Å². The second-order valence-corrected chi connectivity index (χ2v) is 6.49. The van der Waals surface area contributed by atoms with E-state index in [9.17, 15) is 9.18 Å². The zero-order valence-electron chi connectivity index (χ0n) is 17.0. The Hall–Kier alpha value is -2.16. The average molecular weight is 512 g/mol. The molecule has 0 spiro atoms. The second kappa shape index (κ2) is 13.9. The van der Waals surface area contributed by atoms with Gasteiger partial charge >= 0.3 is 0 Å². The molecule has 2 aromatic carbocycles. The summed E-state index contributed by atoms with van der Waals surface area (Å²) in [7, 11) is 0. The van der Waals surface area contributed by atoms with Crippen LogP contribution in [-0.4, -0.2) is 25.0 Å². The van der Waals surface area contributed by atoms with Gasteiger partial charge in [0, 0.05) is 25.2 Å². The van der Waals surface area contributed by atoms with Crippen LogP contribution in [0.3, 0.4) is 0 Å². The van der Waals surface area contributed by atoms with E-state index in [-0.39, 0.29) is 35.7 Å². The molecule has 2 aromatic rings. The molecule has 0 bridgehead atoms. The van der Waals surface area contributed by atoms with Crippen molar-refractivity contribution in [2.45, 2.75) is 39.8 Å². The Morgan fingerprint density at radius 1 is 1.00 bits per heavy atom. The van der Waals surface area contributed by atoms with Crippen molar-refractivity contribution in [2.24, 2.45) is 4.99 Å². The van der Waals surface area contributed by atoms with E-state index >= 15 is 0 Å². The zero-order chi connectivity index (χ0) is 20.2. The molecule has 158 valence electrons. The van der Waals surface area contributed by atoms with Crippen LogP contribution >= 0.6 is 24.0 Å². The molecule has 0 radical (unpaired) electrons. The van der Waals surface area contributed by atoms with Gasteiger partial charge in [-0.05, 0) is 48.7 Å². The summed E-state index contributed by atoms with van der Waals surface area (Å²) >= 11 is 0. The van der Waals surface area contributed by atoms with Gasteiger partial charge in [0.25, 0.3) is 5.91 Å². The maximum absolute atomic E-state index is 13.3. The fourth-order valence-corrected chi connectivity index (χ4v) is 2.59. The molecule has 0 heterocycles. The van der Waals surface area contributed by atoms with Crippen molar-refractivity contribution < 1.29 is 9.18 Å². The molecule has 0 fully saturated rings. The van der Waals surface area contributed by atoms with Crippen molar-refractivity contribution in [3.8, 4) is 0 Å². The molecule has 5 nitrogen and oxygen atoms in total. The van der Waals surface area contributed by atoms with E-state index in [0.29, 0.717) is 31.2 Å². The van der Waals surface area contributed by atoms with Crippen molar-refractivity contribution in [1.29, 1.82) is 0 Å². The lowest BCUT2D eigenvalue weighted by Crippen LogP contribution is -2.36. The average Bonchev–Trinajstić information content (AvgIpc) is 2.70. The fraction of sp³-hybridized carbons (Fsp3) is 0.364. The number of unbranched alkanes of at least 4 members (excludes halogenated alkanes) is 1. The lowest BCUT2D eigenvalue weighted by molar-refractivity contribution is 0.0953. The smallest absolute Gasteiger partial charge is 0.251 e. The lowest BCUT2D eigenvalue weighted by Gasteiger charge is -2.12. The zero-order valence-corrected chi connectivity index (χ0v) is 19.3. The minimum atomic E-state index is -0.260. The number of nitrogens with one attached hydrogen (secondary N) is 3. The lowest BCUT2D eigenvalue weighted by atomic mass is 10.1. The molecule has 0 atom stereocenters. The molecule has 0 aromatic heterocycles. The molecule has 0 saturated carbocycles. The Bertz CT molecular complexity index is 781. The Morgan fingerprint density at radius 3 is 2.41 bits per heavy atom. The van der Waals surface area contributed by atoms with Crippen molar-refractivity contribution in [1.82, 2.24) is 16.0 Å². The molecular formula is C22H30FIN4O. The Labute approximate surface area is 189 Å². The molecule has 1 amide bonds. The highest BCUT2D eigenvalue weighted by atomic mass is 127. The molecule has 3 N–H and O–H groups in total. The molecule has 0 aliphatic heterocycles. The topological polar surface area (TPSA) is 65.5 Å². The highest BCUT2D eigenvalue weighted by molar-refractivity contribution is 14.0.